The lowest BCUT2D eigenvalue weighted by Gasteiger charge is -2.17. The number of halogens is 1. The van der Waals surface area contributed by atoms with E-state index in [-0.39, 0.29) is 24.7 Å². The van der Waals surface area contributed by atoms with Gasteiger partial charge in [0.1, 0.15) is 11.1 Å². The molecule has 9 heteroatoms. The second-order valence-electron chi connectivity index (χ2n) is 3.98. The number of pyridine rings is 1. The third-order valence-corrected chi connectivity index (χ3v) is 4.16. The lowest BCUT2D eigenvalue weighted by Crippen LogP contribution is -2.32. The third-order valence-electron chi connectivity index (χ3n) is 2.71. The highest BCUT2D eigenvalue weighted by atomic mass is 35.5. The van der Waals surface area contributed by atoms with Gasteiger partial charge in [-0.05, 0) is 6.07 Å². The van der Waals surface area contributed by atoms with Crippen LogP contribution in [0.3, 0.4) is 0 Å². The predicted molar refractivity (Wildman–Crippen MR) is 67.5 cm³/mol. The Morgan fingerprint density at radius 3 is 2.72 bits per heavy atom. The number of primary sulfonamides is 1. The van der Waals surface area contributed by atoms with Crippen molar-refractivity contribution in [3.8, 4) is 0 Å². The molecule has 1 atom stereocenters. The van der Waals surface area contributed by atoms with Crippen molar-refractivity contribution in [2.45, 2.75) is 11.7 Å². The van der Waals surface area contributed by atoms with E-state index in [0.717, 1.165) is 0 Å². The summed E-state index contributed by atoms with van der Waals surface area (Å²) in [5.74, 6) is -0.257. The number of anilines is 2. The molecule has 1 aromatic heterocycles. The van der Waals surface area contributed by atoms with Gasteiger partial charge >= 0.3 is 0 Å². The zero-order valence-corrected chi connectivity index (χ0v) is 10.8. The summed E-state index contributed by atoms with van der Waals surface area (Å²) in [6, 6.07) is 1.47. The Hall–Kier alpha value is -1.38. The number of rotatable bonds is 2. The maximum absolute atomic E-state index is 11.8. The van der Waals surface area contributed by atoms with Gasteiger partial charge in [-0.2, -0.15) is 0 Å². The molecule has 0 aliphatic carbocycles. The smallest absolute Gasteiger partial charge is 0.228 e. The molecule has 0 bridgehead atoms. The predicted octanol–water partition coefficient (Wildman–Crippen LogP) is -0.289. The minimum absolute atomic E-state index is 0.0378. The normalized spacial score (nSPS) is 20.4. The van der Waals surface area contributed by atoms with E-state index in [2.05, 4.69) is 4.98 Å². The molecule has 1 amide bonds. The molecule has 1 aromatic rings. The zero-order chi connectivity index (χ0) is 13.5. The number of carbonyl (C=O) groups is 1. The van der Waals surface area contributed by atoms with Gasteiger partial charge in [-0.3, -0.25) is 4.79 Å². The van der Waals surface area contributed by atoms with Crippen molar-refractivity contribution in [1.82, 2.24) is 4.98 Å². The van der Waals surface area contributed by atoms with E-state index in [9.17, 15) is 13.2 Å². The van der Waals surface area contributed by atoms with Crippen molar-refractivity contribution < 1.29 is 13.2 Å². The molecule has 0 spiro atoms. The SMILES string of the molecule is Nc1ncc(Cl)cc1N1CC(S(N)(=O)=O)CC1=O. The largest absolute Gasteiger partial charge is 0.382 e. The maximum Gasteiger partial charge on any atom is 0.228 e. The van der Waals surface area contributed by atoms with Crippen molar-refractivity contribution in [2.75, 3.05) is 17.2 Å². The molecule has 1 aliphatic rings. The average molecular weight is 291 g/mol. The van der Waals surface area contributed by atoms with E-state index in [1.54, 1.807) is 0 Å². The molecule has 4 N–H and O–H groups in total. The second-order valence-corrected chi connectivity index (χ2v) is 6.26. The van der Waals surface area contributed by atoms with E-state index in [1.165, 1.54) is 17.2 Å². The molecule has 1 aliphatic heterocycles. The lowest BCUT2D eigenvalue weighted by atomic mass is 10.3. The first kappa shape index (κ1) is 13.1. The molecule has 0 saturated carbocycles. The van der Waals surface area contributed by atoms with E-state index < -0.39 is 15.3 Å². The number of hydrogen-bond donors (Lipinski definition) is 2. The summed E-state index contributed by atoms with van der Waals surface area (Å²) in [6.07, 6.45) is 1.18. The van der Waals surface area contributed by atoms with Crippen LogP contribution in [0.1, 0.15) is 6.42 Å². The zero-order valence-electron chi connectivity index (χ0n) is 9.21. The third kappa shape index (κ3) is 2.40. The van der Waals surface area contributed by atoms with Crippen LogP contribution >= 0.6 is 11.6 Å². The molecular formula is C9H11ClN4O3S. The highest BCUT2D eigenvalue weighted by Gasteiger charge is 2.38. The summed E-state index contributed by atoms with van der Waals surface area (Å²) in [5, 5.41) is 4.42. The summed E-state index contributed by atoms with van der Waals surface area (Å²) in [5.41, 5.74) is 5.95. The van der Waals surface area contributed by atoms with Gasteiger partial charge in [0, 0.05) is 19.2 Å². The number of carbonyl (C=O) groups excluding carboxylic acids is 1. The minimum Gasteiger partial charge on any atom is -0.382 e. The Bertz CT molecular complexity index is 604. The first-order valence-electron chi connectivity index (χ1n) is 5.02. The number of nitrogens with zero attached hydrogens (tertiary/aromatic N) is 2. The fraction of sp³-hybridized carbons (Fsp3) is 0.333. The molecule has 0 radical (unpaired) electrons. The molecule has 2 rings (SSSR count). The van der Waals surface area contributed by atoms with E-state index >= 15 is 0 Å². The number of aromatic nitrogens is 1. The van der Waals surface area contributed by atoms with Crippen LogP contribution in [0, 0.1) is 0 Å². The van der Waals surface area contributed by atoms with Crippen LogP contribution in [-0.2, 0) is 14.8 Å². The molecule has 1 unspecified atom stereocenters. The molecule has 18 heavy (non-hydrogen) atoms. The molecule has 98 valence electrons. The summed E-state index contributed by atoms with van der Waals surface area (Å²) in [6.45, 7) is -0.0378. The highest BCUT2D eigenvalue weighted by molar-refractivity contribution is 7.89. The summed E-state index contributed by atoms with van der Waals surface area (Å²) in [7, 11) is -3.76. The topological polar surface area (TPSA) is 119 Å². The molecule has 7 nitrogen and oxygen atoms in total. The van der Waals surface area contributed by atoms with Crippen LogP contribution in [0.15, 0.2) is 12.3 Å². The highest BCUT2D eigenvalue weighted by Crippen LogP contribution is 2.29. The Morgan fingerprint density at radius 2 is 2.17 bits per heavy atom. The van der Waals surface area contributed by atoms with Gasteiger partial charge in [0.05, 0.1) is 10.7 Å². The lowest BCUT2D eigenvalue weighted by molar-refractivity contribution is -0.117. The summed E-state index contributed by atoms with van der Waals surface area (Å²) < 4.78 is 22.5. The van der Waals surface area contributed by atoms with Crippen molar-refractivity contribution >= 4 is 39.0 Å². The molecule has 0 aromatic carbocycles. The van der Waals surface area contributed by atoms with Gasteiger partial charge < -0.3 is 10.6 Å². The Balaban J connectivity index is 2.35. The van der Waals surface area contributed by atoms with Gasteiger partial charge in [0.25, 0.3) is 0 Å². The van der Waals surface area contributed by atoms with E-state index in [0.29, 0.717) is 10.7 Å². The monoisotopic (exact) mass is 290 g/mol. The molecule has 1 saturated heterocycles. The van der Waals surface area contributed by atoms with Gasteiger partial charge in [-0.15, -0.1) is 0 Å². The molecule has 2 heterocycles. The van der Waals surface area contributed by atoms with Crippen LogP contribution < -0.4 is 15.8 Å². The van der Waals surface area contributed by atoms with Crippen LogP contribution in [0.2, 0.25) is 5.02 Å². The first-order chi connectivity index (χ1) is 8.29. The Kier molecular flexibility index (Phi) is 3.18. The maximum atomic E-state index is 11.8. The van der Waals surface area contributed by atoms with Gasteiger partial charge in [-0.1, -0.05) is 11.6 Å². The van der Waals surface area contributed by atoms with Crippen LogP contribution in [0.4, 0.5) is 11.5 Å². The van der Waals surface area contributed by atoms with E-state index in [4.69, 9.17) is 22.5 Å². The number of amides is 1. The molecule has 1 fully saturated rings. The van der Waals surface area contributed by atoms with E-state index in [1.807, 2.05) is 0 Å². The van der Waals surface area contributed by atoms with Gasteiger partial charge in [0.15, 0.2) is 0 Å². The first-order valence-corrected chi connectivity index (χ1v) is 7.01. The summed E-state index contributed by atoms with van der Waals surface area (Å²) >= 11 is 5.77. The van der Waals surface area contributed by atoms with Crippen LogP contribution in [0.5, 0.6) is 0 Å². The van der Waals surface area contributed by atoms with Crippen molar-refractivity contribution in [1.29, 1.82) is 0 Å². The van der Waals surface area contributed by atoms with Crippen LogP contribution in [0.25, 0.3) is 0 Å². The number of nitrogen functional groups attached to an aromatic ring is 1. The molecular weight excluding hydrogens is 280 g/mol. The standard InChI is InChI=1S/C9H11ClN4O3S/c10-5-1-7(9(11)13-3-5)14-4-6(2-8(14)15)18(12,16)17/h1,3,6H,2,4H2,(H2,11,13)(H2,12,16,17). The summed E-state index contributed by atoms with van der Waals surface area (Å²) in [4.78, 5) is 16.8. The van der Waals surface area contributed by atoms with Crippen molar-refractivity contribution in [3.05, 3.63) is 17.3 Å². The number of sulfonamides is 1. The Morgan fingerprint density at radius 1 is 1.50 bits per heavy atom. The fourth-order valence-electron chi connectivity index (χ4n) is 1.78. The van der Waals surface area contributed by atoms with Crippen LogP contribution in [-0.4, -0.2) is 31.1 Å². The minimum atomic E-state index is -3.76. The van der Waals surface area contributed by atoms with Crippen molar-refractivity contribution in [3.63, 3.8) is 0 Å². The fourth-order valence-corrected chi connectivity index (χ4v) is 2.67. The Labute approximate surface area is 109 Å². The van der Waals surface area contributed by atoms with Gasteiger partial charge in [0.2, 0.25) is 15.9 Å². The second kappa shape index (κ2) is 4.38. The number of nitrogens with two attached hydrogens (primary N) is 2. The quantitative estimate of drug-likeness (QED) is 0.775. The van der Waals surface area contributed by atoms with Crippen molar-refractivity contribution in [2.24, 2.45) is 5.14 Å². The number of hydrogen-bond acceptors (Lipinski definition) is 5. The van der Waals surface area contributed by atoms with Gasteiger partial charge in [-0.25, -0.2) is 18.5 Å². The average Bonchev–Trinajstić information content (AvgIpc) is 2.64.